The van der Waals surface area contributed by atoms with Gasteiger partial charge in [0.15, 0.2) is 0 Å². The third kappa shape index (κ3) is 6.89. The van der Waals surface area contributed by atoms with E-state index in [2.05, 4.69) is 14.6 Å². The van der Waals surface area contributed by atoms with Crippen LogP contribution in [-0.2, 0) is 4.84 Å². The van der Waals surface area contributed by atoms with Crippen LogP contribution in [0.5, 0.6) is 0 Å². The highest BCUT2D eigenvalue weighted by molar-refractivity contribution is 4.71. The van der Waals surface area contributed by atoms with Gasteiger partial charge in [-0.3, -0.25) is 15.3 Å². The van der Waals surface area contributed by atoms with Crippen molar-refractivity contribution in [2.75, 3.05) is 52.5 Å². The second-order valence-corrected chi connectivity index (χ2v) is 4.20. The Morgan fingerprint density at radius 3 is 1.94 bits per heavy atom. The van der Waals surface area contributed by atoms with Crippen LogP contribution in [0.25, 0.3) is 0 Å². The van der Waals surface area contributed by atoms with E-state index in [0.717, 1.165) is 52.1 Å². The number of nitrogens with zero attached hydrogens (tertiary/aromatic N) is 3. The van der Waals surface area contributed by atoms with Gasteiger partial charge in [-0.05, 0) is 12.8 Å². The van der Waals surface area contributed by atoms with E-state index in [1.165, 1.54) is 0 Å². The first-order chi connectivity index (χ1) is 8.22. The number of hydrogen-bond acceptors (Lipinski definition) is 7. The van der Waals surface area contributed by atoms with E-state index in [1.807, 2.05) is 0 Å². The summed E-state index contributed by atoms with van der Waals surface area (Å²) in [5.74, 6) is 0. The standard InChI is InChI=1S/C10H23N3O4/c14-9-1-3-11-5-7-12(8-6-11)4-2-10-17-13(15)16/h14-16H,1-10H2. The molecule has 102 valence electrons. The summed E-state index contributed by atoms with van der Waals surface area (Å²) in [5, 5.41) is 25.2. The maximum atomic E-state index is 8.74. The van der Waals surface area contributed by atoms with E-state index in [1.54, 1.807) is 0 Å². The maximum Gasteiger partial charge on any atom is 0.0748 e. The van der Waals surface area contributed by atoms with E-state index in [0.29, 0.717) is 6.61 Å². The second kappa shape index (κ2) is 8.76. The highest BCUT2D eigenvalue weighted by Crippen LogP contribution is 2.03. The van der Waals surface area contributed by atoms with Crippen LogP contribution in [-0.4, -0.2) is 83.2 Å². The molecule has 0 bridgehead atoms. The lowest BCUT2D eigenvalue weighted by Crippen LogP contribution is -2.47. The van der Waals surface area contributed by atoms with Gasteiger partial charge in [0, 0.05) is 45.9 Å². The molecule has 0 atom stereocenters. The first-order valence-corrected chi connectivity index (χ1v) is 6.08. The molecule has 1 saturated heterocycles. The van der Waals surface area contributed by atoms with E-state index in [-0.39, 0.29) is 12.0 Å². The minimum atomic E-state index is -0.243. The molecular formula is C10H23N3O4. The molecule has 0 aromatic rings. The Balaban J connectivity index is 1.99. The van der Waals surface area contributed by atoms with Crippen LogP contribution >= 0.6 is 0 Å². The summed E-state index contributed by atoms with van der Waals surface area (Å²) in [6.45, 7) is 6.55. The third-order valence-corrected chi connectivity index (χ3v) is 2.92. The van der Waals surface area contributed by atoms with Crippen molar-refractivity contribution in [2.24, 2.45) is 0 Å². The Morgan fingerprint density at radius 2 is 1.47 bits per heavy atom. The molecule has 1 fully saturated rings. The van der Waals surface area contributed by atoms with Crippen molar-refractivity contribution in [2.45, 2.75) is 12.8 Å². The predicted octanol–water partition coefficient (Wildman–Crippen LogP) is -0.611. The number of aliphatic hydroxyl groups excluding tert-OH is 1. The van der Waals surface area contributed by atoms with Crippen LogP contribution in [0.2, 0.25) is 0 Å². The number of rotatable bonds is 8. The lowest BCUT2D eigenvalue weighted by atomic mass is 10.2. The Morgan fingerprint density at radius 1 is 0.941 bits per heavy atom. The lowest BCUT2D eigenvalue weighted by molar-refractivity contribution is -0.492. The molecule has 1 heterocycles. The van der Waals surface area contributed by atoms with Crippen molar-refractivity contribution in [3.63, 3.8) is 0 Å². The molecule has 1 aliphatic heterocycles. The van der Waals surface area contributed by atoms with Gasteiger partial charge in [0.1, 0.15) is 0 Å². The summed E-state index contributed by atoms with van der Waals surface area (Å²) in [5.41, 5.74) is 0. The largest absolute Gasteiger partial charge is 0.396 e. The minimum absolute atomic E-state index is 0.243. The van der Waals surface area contributed by atoms with Gasteiger partial charge in [-0.1, -0.05) is 0 Å². The summed E-state index contributed by atoms with van der Waals surface area (Å²) in [4.78, 5) is 9.17. The number of piperazine rings is 1. The van der Waals surface area contributed by atoms with E-state index in [9.17, 15) is 0 Å². The molecule has 7 nitrogen and oxygen atoms in total. The van der Waals surface area contributed by atoms with Crippen molar-refractivity contribution in [1.82, 2.24) is 15.2 Å². The van der Waals surface area contributed by atoms with Gasteiger partial charge in [0.2, 0.25) is 0 Å². The maximum absolute atomic E-state index is 8.74. The number of hydrogen-bond donors (Lipinski definition) is 3. The Labute approximate surface area is 102 Å². The van der Waals surface area contributed by atoms with Gasteiger partial charge < -0.3 is 14.9 Å². The van der Waals surface area contributed by atoms with Gasteiger partial charge in [0.05, 0.1) is 12.0 Å². The highest BCUT2D eigenvalue weighted by atomic mass is 17.1. The zero-order valence-corrected chi connectivity index (χ0v) is 10.2. The summed E-state index contributed by atoms with van der Waals surface area (Å²) in [7, 11) is 0. The smallest absolute Gasteiger partial charge is 0.0748 e. The van der Waals surface area contributed by atoms with Crippen molar-refractivity contribution >= 4 is 0 Å². The van der Waals surface area contributed by atoms with Gasteiger partial charge in [-0.25, -0.2) is 0 Å². The molecule has 0 aliphatic carbocycles. The van der Waals surface area contributed by atoms with Gasteiger partial charge in [0.25, 0.3) is 0 Å². The summed E-state index contributed by atoms with van der Waals surface area (Å²) >= 11 is 0. The van der Waals surface area contributed by atoms with Crippen molar-refractivity contribution in [3.8, 4) is 0 Å². The molecule has 3 N–H and O–H groups in total. The van der Waals surface area contributed by atoms with Gasteiger partial charge in [-0.15, -0.1) is 0 Å². The SMILES string of the molecule is OCCCN1CCN(CCCON(O)O)CC1. The first-order valence-electron chi connectivity index (χ1n) is 6.08. The van der Waals surface area contributed by atoms with Crippen molar-refractivity contribution in [3.05, 3.63) is 0 Å². The zero-order valence-electron chi connectivity index (χ0n) is 10.2. The molecular weight excluding hydrogens is 226 g/mol. The van der Waals surface area contributed by atoms with Crippen LogP contribution in [0.4, 0.5) is 0 Å². The van der Waals surface area contributed by atoms with Gasteiger partial charge >= 0.3 is 0 Å². The third-order valence-electron chi connectivity index (χ3n) is 2.92. The zero-order chi connectivity index (χ0) is 12.5. The molecule has 17 heavy (non-hydrogen) atoms. The Hall–Kier alpha value is -0.280. The summed E-state index contributed by atoms with van der Waals surface area (Å²) < 4.78 is 0. The average Bonchev–Trinajstić information content (AvgIpc) is 2.33. The fraction of sp³-hybridized carbons (Fsp3) is 1.00. The lowest BCUT2D eigenvalue weighted by Gasteiger charge is -2.34. The Bertz CT molecular complexity index is 186. The molecule has 1 aliphatic rings. The van der Waals surface area contributed by atoms with Crippen molar-refractivity contribution in [1.29, 1.82) is 0 Å². The quantitative estimate of drug-likeness (QED) is 0.391. The average molecular weight is 249 g/mol. The molecule has 0 spiro atoms. The van der Waals surface area contributed by atoms with Crippen LogP contribution in [0, 0.1) is 0 Å². The van der Waals surface area contributed by atoms with Crippen LogP contribution < -0.4 is 0 Å². The van der Waals surface area contributed by atoms with E-state index in [4.69, 9.17) is 15.5 Å². The summed E-state index contributed by atoms with van der Waals surface area (Å²) in [6, 6.07) is 0. The summed E-state index contributed by atoms with van der Waals surface area (Å²) in [6.07, 6.45) is 1.62. The van der Waals surface area contributed by atoms with Crippen LogP contribution in [0.15, 0.2) is 0 Å². The van der Waals surface area contributed by atoms with E-state index < -0.39 is 0 Å². The molecule has 7 heteroatoms. The Kier molecular flexibility index (Phi) is 7.62. The first kappa shape index (κ1) is 14.8. The minimum Gasteiger partial charge on any atom is -0.396 e. The molecule has 0 amide bonds. The second-order valence-electron chi connectivity index (χ2n) is 4.20. The fourth-order valence-corrected chi connectivity index (χ4v) is 1.97. The molecule has 0 aromatic heterocycles. The monoisotopic (exact) mass is 249 g/mol. The van der Waals surface area contributed by atoms with Crippen LogP contribution in [0.3, 0.4) is 0 Å². The fourth-order valence-electron chi connectivity index (χ4n) is 1.97. The topological polar surface area (TPSA) is 79.6 Å². The number of aliphatic hydroxyl groups is 1. The van der Waals surface area contributed by atoms with E-state index >= 15 is 0 Å². The molecule has 0 radical (unpaired) electrons. The normalized spacial score (nSPS) is 19.1. The highest BCUT2D eigenvalue weighted by Gasteiger charge is 2.15. The molecule has 1 rings (SSSR count). The van der Waals surface area contributed by atoms with Crippen molar-refractivity contribution < 1.29 is 20.4 Å². The molecule has 0 unspecified atom stereocenters. The van der Waals surface area contributed by atoms with Crippen LogP contribution in [0.1, 0.15) is 12.8 Å². The molecule has 0 saturated carbocycles. The molecule has 0 aromatic carbocycles. The predicted molar refractivity (Wildman–Crippen MR) is 60.6 cm³/mol. The van der Waals surface area contributed by atoms with Gasteiger partial charge in [-0.2, -0.15) is 0 Å².